The van der Waals surface area contributed by atoms with Gasteiger partial charge in [0, 0.05) is 64.7 Å². The molecule has 2 rings (SSSR count). The molecule has 0 bridgehead atoms. The minimum atomic E-state index is 0.166. The summed E-state index contributed by atoms with van der Waals surface area (Å²) in [5.41, 5.74) is 1.03. The van der Waals surface area contributed by atoms with Crippen molar-refractivity contribution in [1.29, 1.82) is 0 Å². The zero-order valence-corrected chi connectivity index (χ0v) is 17.8. The predicted molar refractivity (Wildman–Crippen MR) is 111 cm³/mol. The van der Waals surface area contributed by atoms with Crippen LogP contribution in [-0.4, -0.2) is 72.6 Å². The van der Waals surface area contributed by atoms with E-state index in [4.69, 9.17) is 4.52 Å². The molecule has 1 aliphatic rings. The van der Waals surface area contributed by atoms with Crippen molar-refractivity contribution in [2.75, 3.05) is 45.8 Å². The van der Waals surface area contributed by atoms with Gasteiger partial charge in [0.05, 0.1) is 5.69 Å². The first kappa shape index (κ1) is 22.2. The summed E-state index contributed by atoms with van der Waals surface area (Å²) in [6.07, 6.45) is 2.13. The van der Waals surface area contributed by atoms with Gasteiger partial charge in [0.25, 0.3) is 0 Å². The first-order chi connectivity index (χ1) is 13.6. The number of carbonyl (C=O) groups is 1. The number of amides is 1. The lowest BCUT2D eigenvalue weighted by atomic mass is 9.99. The molecule has 0 spiro atoms. The van der Waals surface area contributed by atoms with Gasteiger partial charge in [-0.05, 0) is 19.8 Å². The quantitative estimate of drug-likeness (QED) is 0.492. The molecule has 1 fully saturated rings. The van der Waals surface area contributed by atoms with Gasteiger partial charge in [-0.2, -0.15) is 0 Å². The van der Waals surface area contributed by atoms with E-state index in [0.29, 0.717) is 12.5 Å². The van der Waals surface area contributed by atoms with Crippen molar-refractivity contribution >= 4 is 11.9 Å². The monoisotopic (exact) mass is 392 g/mol. The number of hydrogen-bond donors (Lipinski definition) is 2. The van der Waals surface area contributed by atoms with Crippen LogP contribution in [0.25, 0.3) is 0 Å². The zero-order chi connectivity index (χ0) is 20.4. The highest BCUT2D eigenvalue weighted by molar-refractivity contribution is 5.79. The van der Waals surface area contributed by atoms with E-state index < -0.39 is 0 Å². The Balaban J connectivity index is 1.78. The number of piperazine rings is 1. The minimum absolute atomic E-state index is 0.166. The Labute approximate surface area is 168 Å². The van der Waals surface area contributed by atoms with Crippen LogP contribution in [0.4, 0.5) is 0 Å². The van der Waals surface area contributed by atoms with Gasteiger partial charge < -0.3 is 20.1 Å². The number of nitrogens with zero attached hydrogens (tertiary/aromatic N) is 4. The van der Waals surface area contributed by atoms with Gasteiger partial charge in [0.2, 0.25) is 5.91 Å². The Morgan fingerprint density at radius 2 is 1.93 bits per heavy atom. The Morgan fingerprint density at radius 3 is 2.54 bits per heavy atom. The molecule has 0 aliphatic carbocycles. The summed E-state index contributed by atoms with van der Waals surface area (Å²) in [5, 5.41) is 10.9. The molecule has 0 aromatic carbocycles. The molecule has 1 aromatic heterocycles. The fourth-order valence-corrected chi connectivity index (χ4v) is 3.42. The van der Waals surface area contributed by atoms with Crippen LogP contribution in [0.5, 0.6) is 0 Å². The topological polar surface area (TPSA) is 86.0 Å². The van der Waals surface area contributed by atoms with E-state index in [1.165, 1.54) is 0 Å². The lowest BCUT2D eigenvalue weighted by Crippen LogP contribution is -2.50. The van der Waals surface area contributed by atoms with Crippen molar-refractivity contribution in [3.05, 3.63) is 17.5 Å². The normalized spacial score (nSPS) is 15.9. The fraction of sp³-hybridized carbons (Fsp3) is 0.750. The third-order valence-electron chi connectivity index (χ3n) is 5.26. The molecular weight excluding hydrogens is 356 g/mol. The molecule has 0 saturated carbocycles. The van der Waals surface area contributed by atoms with Crippen molar-refractivity contribution < 1.29 is 9.32 Å². The van der Waals surface area contributed by atoms with Crippen LogP contribution in [-0.2, 0) is 11.3 Å². The highest BCUT2D eigenvalue weighted by Gasteiger charge is 2.18. The van der Waals surface area contributed by atoms with Gasteiger partial charge in [-0.25, -0.2) is 4.99 Å². The summed E-state index contributed by atoms with van der Waals surface area (Å²) >= 11 is 0. The average Bonchev–Trinajstić information content (AvgIpc) is 3.16. The lowest BCUT2D eigenvalue weighted by molar-refractivity contribution is -0.130. The van der Waals surface area contributed by atoms with Crippen molar-refractivity contribution in [2.24, 2.45) is 4.99 Å². The summed E-state index contributed by atoms with van der Waals surface area (Å²) in [7, 11) is 0. The summed E-state index contributed by atoms with van der Waals surface area (Å²) in [6, 6.07) is 2.03. The third kappa shape index (κ3) is 6.82. The number of rotatable bonds is 9. The highest BCUT2D eigenvalue weighted by atomic mass is 16.5. The number of carbonyl (C=O) groups excluding carboxylic acids is 1. The van der Waals surface area contributed by atoms with Crippen molar-refractivity contribution in [3.63, 3.8) is 0 Å². The van der Waals surface area contributed by atoms with E-state index >= 15 is 0 Å². The van der Waals surface area contributed by atoms with Crippen LogP contribution in [0, 0.1) is 0 Å². The molecule has 0 radical (unpaired) electrons. The smallest absolute Gasteiger partial charge is 0.219 e. The van der Waals surface area contributed by atoms with E-state index in [0.717, 1.165) is 76.1 Å². The van der Waals surface area contributed by atoms with Gasteiger partial charge >= 0.3 is 0 Å². The molecule has 0 unspecified atom stereocenters. The standard InChI is InChI=1S/C20H36N6O2/c1-5-17(6-2)19-14-18(28-24-19)15-23-20(21-7-3)22-8-9-25-10-12-26(13-11-25)16(4)27/h14,17H,5-13,15H2,1-4H3,(H2,21,22,23). The number of guanidine groups is 1. The van der Waals surface area contributed by atoms with Crippen LogP contribution < -0.4 is 10.6 Å². The molecule has 8 heteroatoms. The predicted octanol–water partition coefficient (Wildman–Crippen LogP) is 1.80. The van der Waals surface area contributed by atoms with Crippen molar-refractivity contribution in [2.45, 2.75) is 53.0 Å². The second-order valence-corrected chi connectivity index (χ2v) is 7.20. The van der Waals surface area contributed by atoms with Gasteiger partial charge in [-0.3, -0.25) is 9.69 Å². The molecule has 0 atom stereocenters. The summed E-state index contributed by atoms with van der Waals surface area (Å²) < 4.78 is 5.45. The maximum absolute atomic E-state index is 11.4. The van der Waals surface area contributed by atoms with Crippen LogP contribution in [0.1, 0.15) is 57.9 Å². The molecule has 2 N–H and O–H groups in total. The van der Waals surface area contributed by atoms with Crippen LogP contribution >= 0.6 is 0 Å². The Bertz CT molecular complexity index is 618. The van der Waals surface area contributed by atoms with Crippen molar-refractivity contribution in [1.82, 2.24) is 25.6 Å². The molecule has 2 heterocycles. The van der Waals surface area contributed by atoms with Crippen LogP contribution in [0.15, 0.2) is 15.6 Å². The molecule has 8 nitrogen and oxygen atoms in total. The maximum atomic E-state index is 11.4. The number of hydrogen-bond acceptors (Lipinski definition) is 5. The molecule has 1 amide bonds. The summed E-state index contributed by atoms with van der Waals surface area (Å²) in [4.78, 5) is 20.3. The first-order valence-electron chi connectivity index (χ1n) is 10.5. The number of aliphatic imine (C=N–C) groups is 1. The highest BCUT2D eigenvalue weighted by Crippen LogP contribution is 2.22. The number of nitrogens with one attached hydrogen (secondary N) is 2. The van der Waals surface area contributed by atoms with E-state index in [2.05, 4.69) is 46.5 Å². The van der Waals surface area contributed by atoms with Gasteiger partial charge in [0.1, 0.15) is 6.54 Å². The molecule has 1 saturated heterocycles. The van der Waals surface area contributed by atoms with Gasteiger partial charge in [-0.15, -0.1) is 0 Å². The second kappa shape index (κ2) is 11.7. The molecule has 1 aromatic rings. The van der Waals surface area contributed by atoms with Gasteiger partial charge in [-0.1, -0.05) is 19.0 Å². The molecule has 1 aliphatic heterocycles. The van der Waals surface area contributed by atoms with Crippen molar-refractivity contribution in [3.8, 4) is 0 Å². The van der Waals surface area contributed by atoms with E-state index in [1.54, 1.807) is 6.92 Å². The third-order valence-corrected chi connectivity index (χ3v) is 5.26. The molecule has 28 heavy (non-hydrogen) atoms. The molecular formula is C20H36N6O2. The Hall–Kier alpha value is -2.09. The van der Waals surface area contributed by atoms with Crippen LogP contribution in [0.2, 0.25) is 0 Å². The first-order valence-corrected chi connectivity index (χ1v) is 10.5. The van der Waals surface area contributed by atoms with Crippen LogP contribution in [0.3, 0.4) is 0 Å². The van der Waals surface area contributed by atoms with E-state index in [1.807, 2.05) is 11.0 Å². The Morgan fingerprint density at radius 1 is 1.21 bits per heavy atom. The lowest BCUT2D eigenvalue weighted by Gasteiger charge is -2.34. The summed E-state index contributed by atoms with van der Waals surface area (Å²) in [5.74, 6) is 2.19. The number of aromatic nitrogens is 1. The maximum Gasteiger partial charge on any atom is 0.219 e. The van der Waals surface area contributed by atoms with E-state index in [9.17, 15) is 4.79 Å². The van der Waals surface area contributed by atoms with E-state index in [-0.39, 0.29) is 5.91 Å². The SMILES string of the molecule is CCNC(=NCc1cc(C(CC)CC)no1)NCCN1CCN(C(C)=O)CC1. The fourth-order valence-electron chi connectivity index (χ4n) is 3.42. The second-order valence-electron chi connectivity index (χ2n) is 7.20. The Kier molecular flexibility index (Phi) is 9.27. The average molecular weight is 393 g/mol. The zero-order valence-electron chi connectivity index (χ0n) is 17.8. The largest absolute Gasteiger partial charge is 0.359 e. The molecule has 158 valence electrons. The van der Waals surface area contributed by atoms with Gasteiger partial charge in [0.15, 0.2) is 11.7 Å². The minimum Gasteiger partial charge on any atom is -0.359 e. The summed E-state index contributed by atoms with van der Waals surface area (Å²) in [6.45, 7) is 14.5.